The third-order valence-electron chi connectivity index (χ3n) is 2.60. The van der Waals surface area contributed by atoms with Crippen molar-refractivity contribution in [2.75, 3.05) is 6.54 Å². The molecule has 19 heavy (non-hydrogen) atoms. The predicted octanol–water partition coefficient (Wildman–Crippen LogP) is 3.17. The molecule has 0 saturated carbocycles. The summed E-state index contributed by atoms with van der Waals surface area (Å²) < 4.78 is 5.18. The fraction of sp³-hybridized carbons (Fsp3) is 0.429. The van der Waals surface area contributed by atoms with Gasteiger partial charge >= 0.3 is 0 Å². The number of aromatic nitrogens is 2. The molecule has 1 heterocycles. The molecule has 2 aromatic rings. The SMILES string of the molecule is CCCNCc1nc(CSc2ccc(C)cc2)no1. The molecule has 0 atom stereocenters. The minimum Gasteiger partial charge on any atom is -0.338 e. The van der Waals surface area contributed by atoms with Gasteiger partial charge < -0.3 is 9.84 Å². The molecule has 0 radical (unpaired) electrons. The Bertz CT molecular complexity index is 496. The molecule has 2 rings (SSSR count). The van der Waals surface area contributed by atoms with E-state index in [1.807, 2.05) is 0 Å². The molecule has 0 spiro atoms. The minimum absolute atomic E-state index is 0.649. The van der Waals surface area contributed by atoms with E-state index in [2.05, 4.69) is 53.6 Å². The zero-order valence-corrected chi connectivity index (χ0v) is 12.2. The molecule has 0 fully saturated rings. The Balaban J connectivity index is 1.81. The third kappa shape index (κ3) is 4.69. The second kappa shape index (κ2) is 7.31. The number of rotatable bonds is 7. The van der Waals surface area contributed by atoms with Crippen molar-refractivity contribution >= 4 is 11.8 Å². The number of thioether (sulfide) groups is 1. The third-order valence-corrected chi connectivity index (χ3v) is 3.61. The van der Waals surface area contributed by atoms with Crippen LogP contribution >= 0.6 is 11.8 Å². The Labute approximate surface area is 118 Å². The van der Waals surface area contributed by atoms with Gasteiger partial charge in [-0.15, -0.1) is 11.8 Å². The van der Waals surface area contributed by atoms with Gasteiger partial charge in [0.1, 0.15) is 0 Å². The fourth-order valence-electron chi connectivity index (χ4n) is 1.58. The van der Waals surface area contributed by atoms with Crippen LogP contribution in [0.4, 0.5) is 0 Å². The summed E-state index contributed by atoms with van der Waals surface area (Å²) in [6.45, 7) is 5.83. The van der Waals surface area contributed by atoms with Gasteiger partial charge in [-0.3, -0.25) is 0 Å². The molecule has 0 saturated heterocycles. The van der Waals surface area contributed by atoms with Crippen LogP contribution in [0.2, 0.25) is 0 Å². The molecule has 0 bridgehead atoms. The van der Waals surface area contributed by atoms with E-state index in [9.17, 15) is 0 Å². The van der Waals surface area contributed by atoms with E-state index in [0.717, 1.165) is 24.5 Å². The monoisotopic (exact) mass is 277 g/mol. The Morgan fingerprint density at radius 2 is 2.05 bits per heavy atom. The van der Waals surface area contributed by atoms with Crippen molar-refractivity contribution in [2.45, 2.75) is 37.5 Å². The van der Waals surface area contributed by atoms with Gasteiger partial charge in [0.25, 0.3) is 0 Å². The molecule has 0 aliphatic carbocycles. The Morgan fingerprint density at radius 1 is 1.26 bits per heavy atom. The molecule has 0 amide bonds. The van der Waals surface area contributed by atoms with Crippen LogP contribution in [-0.2, 0) is 12.3 Å². The zero-order valence-electron chi connectivity index (χ0n) is 11.3. The minimum atomic E-state index is 0.649. The number of nitrogens with zero attached hydrogens (tertiary/aromatic N) is 2. The molecular weight excluding hydrogens is 258 g/mol. The van der Waals surface area contributed by atoms with E-state index in [1.165, 1.54) is 10.5 Å². The number of aryl methyl sites for hydroxylation is 1. The molecule has 0 unspecified atom stereocenters. The highest BCUT2D eigenvalue weighted by Crippen LogP contribution is 2.21. The first-order valence-electron chi connectivity index (χ1n) is 6.49. The molecule has 102 valence electrons. The topological polar surface area (TPSA) is 51.0 Å². The average molecular weight is 277 g/mol. The lowest BCUT2D eigenvalue weighted by Gasteiger charge is -1.98. The maximum Gasteiger partial charge on any atom is 0.240 e. The van der Waals surface area contributed by atoms with Crippen molar-refractivity contribution < 1.29 is 4.52 Å². The maximum atomic E-state index is 5.18. The fourth-order valence-corrected chi connectivity index (χ4v) is 2.32. The van der Waals surface area contributed by atoms with E-state index in [0.29, 0.717) is 12.4 Å². The van der Waals surface area contributed by atoms with Crippen molar-refractivity contribution in [3.63, 3.8) is 0 Å². The first-order valence-corrected chi connectivity index (χ1v) is 7.48. The Hall–Kier alpha value is -1.33. The molecule has 5 heteroatoms. The van der Waals surface area contributed by atoms with Crippen LogP contribution in [0.1, 0.15) is 30.6 Å². The first kappa shape index (κ1) is 14.1. The molecule has 1 aromatic heterocycles. The van der Waals surface area contributed by atoms with Gasteiger partial charge in [-0.2, -0.15) is 4.98 Å². The molecule has 4 nitrogen and oxygen atoms in total. The summed E-state index contributed by atoms with van der Waals surface area (Å²) in [5, 5.41) is 7.22. The predicted molar refractivity (Wildman–Crippen MR) is 77.0 cm³/mol. The van der Waals surface area contributed by atoms with Gasteiger partial charge in [0.05, 0.1) is 12.3 Å². The number of hydrogen-bond donors (Lipinski definition) is 1. The van der Waals surface area contributed by atoms with Crippen LogP contribution in [0.15, 0.2) is 33.7 Å². The molecule has 0 aliphatic rings. The van der Waals surface area contributed by atoms with Crippen molar-refractivity contribution in [3.05, 3.63) is 41.5 Å². The number of nitrogens with one attached hydrogen (secondary N) is 1. The zero-order chi connectivity index (χ0) is 13.5. The van der Waals surface area contributed by atoms with Crippen LogP contribution in [0.3, 0.4) is 0 Å². The summed E-state index contributed by atoms with van der Waals surface area (Å²) in [5.41, 5.74) is 1.27. The molecular formula is C14H19N3OS. The van der Waals surface area contributed by atoms with E-state index < -0.39 is 0 Å². The highest BCUT2D eigenvalue weighted by atomic mass is 32.2. The van der Waals surface area contributed by atoms with E-state index in [4.69, 9.17) is 4.52 Å². The normalized spacial score (nSPS) is 10.8. The highest BCUT2D eigenvalue weighted by Gasteiger charge is 2.06. The highest BCUT2D eigenvalue weighted by molar-refractivity contribution is 7.98. The van der Waals surface area contributed by atoms with E-state index in [-0.39, 0.29) is 0 Å². The second-order valence-corrected chi connectivity index (χ2v) is 5.43. The standard InChI is InChI=1S/C14H19N3OS/c1-3-8-15-9-14-16-13(17-18-14)10-19-12-6-4-11(2)5-7-12/h4-7,15H,3,8-10H2,1-2H3. The summed E-state index contributed by atoms with van der Waals surface area (Å²) in [5.74, 6) is 2.15. The second-order valence-electron chi connectivity index (χ2n) is 4.38. The summed E-state index contributed by atoms with van der Waals surface area (Å²) in [4.78, 5) is 5.58. The van der Waals surface area contributed by atoms with Gasteiger partial charge in [-0.25, -0.2) is 0 Å². The van der Waals surface area contributed by atoms with Crippen LogP contribution in [-0.4, -0.2) is 16.7 Å². The maximum absolute atomic E-state index is 5.18. The van der Waals surface area contributed by atoms with Crippen molar-refractivity contribution in [2.24, 2.45) is 0 Å². The Kier molecular flexibility index (Phi) is 5.42. The molecule has 0 aliphatic heterocycles. The summed E-state index contributed by atoms with van der Waals surface area (Å²) in [7, 11) is 0. The molecule has 1 aromatic carbocycles. The summed E-state index contributed by atoms with van der Waals surface area (Å²) in [6.07, 6.45) is 1.10. The lowest BCUT2D eigenvalue weighted by atomic mass is 10.2. The van der Waals surface area contributed by atoms with Crippen molar-refractivity contribution in [1.29, 1.82) is 0 Å². The van der Waals surface area contributed by atoms with Gasteiger partial charge in [0.2, 0.25) is 5.89 Å². The quantitative estimate of drug-likeness (QED) is 0.622. The molecule has 1 N–H and O–H groups in total. The van der Waals surface area contributed by atoms with Crippen LogP contribution in [0, 0.1) is 6.92 Å². The van der Waals surface area contributed by atoms with Crippen LogP contribution in [0.25, 0.3) is 0 Å². The van der Waals surface area contributed by atoms with Gasteiger partial charge in [0.15, 0.2) is 5.82 Å². The summed E-state index contributed by atoms with van der Waals surface area (Å²) >= 11 is 1.72. The Morgan fingerprint density at radius 3 is 2.79 bits per heavy atom. The lowest BCUT2D eigenvalue weighted by molar-refractivity contribution is 0.364. The van der Waals surface area contributed by atoms with Gasteiger partial charge in [-0.05, 0) is 32.0 Å². The van der Waals surface area contributed by atoms with Crippen LogP contribution < -0.4 is 5.32 Å². The van der Waals surface area contributed by atoms with Gasteiger partial charge in [0, 0.05) is 4.90 Å². The van der Waals surface area contributed by atoms with E-state index >= 15 is 0 Å². The van der Waals surface area contributed by atoms with Crippen molar-refractivity contribution in [3.8, 4) is 0 Å². The lowest BCUT2D eigenvalue weighted by Crippen LogP contribution is -2.13. The van der Waals surface area contributed by atoms with Crippen molar-refractivity contribution in [1.82, 2.24) is 15.5 Å². The smallest absolute Gasteiger partial charge is 0.240 e. The number of benzene rings is 1. The largest absolute Gasteiger partial charge is 0.338 e. The van der Waals surface area contributed by atoms with E-state index in [1.54, 1.807) is 11.8 Å². The average Bonchev–Trinajstić information content (AvgIpc) is 2.86. The van der Waals surface area contributed by atoms with Crippen LogP contribution in [0.5, 0.6) is 0 Å². The summed E-state index contributed by atoms with van der Waals surface area (Å²) in [6, 6.07) is 8.45. The number of hydrogen-bond acceptors (Lipinski definition) is 5. The first-order chi connectivity index (χ1) is 9.28. The van der Waals surface area contributed by atoms with Gasteiger partial charge in [-0.1, -0.05) is 29.8 Å².